The third kappa shape index (κ3) is 4.33. The quantitative estimate of drug-likeness (QED) is 0.309. The number of hydrogen-bond acceptors (Lipinski definition) is 3. The van der Waals surface area contributed by atoms with Gasteiger partial charge in [-0.3, -0.25) is 9.97 Å². The molecule has 6 rings (SSSR count). The summed E-state index contributed by atoms with van der Waals surface area (Å²) in [4.78, 5) is 9.71. The Kier molecular flexibility index (Phi) is 6.07. The second-order valence-electron chi connectivity index (χ2n) is 11.5. The Hall–Kier alpha value is -3.18. The van der Waals surface area contributed by atoms with Crippen molar-refractivity contribution < 1.29 is 13.9 Å². The van der Waals surface area contributed by atoms with E-state index in [0.29, 0.717) is 46.2 Å². The van der Waals surface area contributed by atoms with E-state index in [0.717, 1.165) is 42.5 Å². The van der Waals surface area contributed by atoms with Crippen LogP contribution in [-0.4, -0.2) is 15.1 Å². The monoisotopic (exact) mass is 498 g/mol. The van der Waals surface area contributed by atoms with Gasteiger partial charge in [-0.2, -0.15) is 0 Å². The van der Waals surface area contributed by atoms with Gasteiger partial charge in [0.1, 0.15) is 5.82 Å². The first-order chi connectivity index (χ1) is 17.8. The van der Waals surface area contributed by atoms with Crippen LogP contribution in [0.2, 0.25) is 0 Å². The van der Waals surface area contributed by atoms with Gasteiger partial charge in [-0.05, 0) is 60.4 Å². The molecule has 37 heavy (non-hydrogen) atoms. The molecule has 2 aromatic carbocycles. The Morgan fingerprint density at radius 3 is 2.49 bits per heavy atom. The second-order valence-corrected chi connectivity index (χ2v) is 11.5. The summed E-state index contributed by atoms with van der Waals surface area (Å²) in [6.07, 6.45) is 4.81. The van der Waals surface area contributed by atoms with Crippen LogP contribution in [-0.2, 0) is 6.42 Å². The molecule has 3 nitrogen and oxygen atoms in total. The van der Waals surface area contributed by atoms with Crippen molar-refractivity contribution >= 4 is 10.9 Å². The molecule has 5 heteroatoms. The van der Waals surface area contributed by atoms with Crippen LogP contribution in [0.1, 0.15) is 92.2 Å². The zero-order valence-corrected chi connectivity index (χ0v) is 21.3. The molecule has 1 saturated carbocycles. The average Bonchev–Trinajstić information content (AvgIpc) is 3.42. The number of aliphatic hydroxyl groups excluding tert-OH is 1. The van der Waals surface area contributed by atoms with Crippen molar-refractivity contribution in [2.75, 3.05) is 0 Å². The molecule has 0 radical (unpaired) electrons. The van der Waals surface area contributed by atoms with Gasteiger partial charge in [0, 0.05) is 39.9 Å². The molecule has 190 valence electrons. The summed E-state index contributed by atoms with van der Waals surface area (Å²) in [6.45, 7) is 4.28. The van der Waals surface area contributed by atoms with E-state index in [-0.39, 0.29) is 17.2 Å². The number of rotatable bonds is 4. The molecule has 0 bridgehead atoms. The van der Waals surface area contributed by atoms with Crippen molar-refractivity contribution in [1.82, 2.24) is 9.97 Å². The summed E-state index contributed by atoms with van der Waals surface area (Å²) in [7, 11) is 0. The topological polar surface area (TPSA) is 46.0 Å². The zero-order chi connectivity index (χ0) is 25.7. The Balaban J connectivity index is 1.68. The summed E-state index contributed by atoms with van der Waals surface area (Å²) in [5, 5.41) is 12.3. The minimum Gasteiger partial charge on any atom is -0.388 e. The molecule has 0 amide bonds. The lowest BCUT2D eigenvalue weighted by atomic mass is 9.71. The van der Waals surface area contributed by atoms with Crippen molar-refractivity contribution in [3.05, 3.63) is 94.7 Å². The smallest absolute Gasteiger partial charge is 0.155 e. The van der Waals surface area contributed by atoms with Gasteiger partial charge in [0.25, 0.3) is 0 Å². The number of para-hydroxylation sites is 1. The molecule has 2 unspecified atom stereocenters. The highest BCUT2D eigenvalue weighted by atomic mass is 19.1. The predicted molar refractivity (Wildman–Crippen MR) is 143 cm³/mol. The Morgan fingerprint density at radius 1 is 1.00 bits per heavy atom. The van der Waals surface area contributed by atoms with Crippen LogP contribution in [0.15, 0.2) is 60.8 Å². The van der Waals surface area contributed by atoms with E-state index in [1.54, 1.807) is 24.4 Å². The summed E-state index contributed by atoms with van der Waals surface area (Å²) in [5.74, 6) is -0.191. The number of aliphatic hydroxyl groups is 1. The van der Waals surface area contributed by atoms with E-state index in [2.05, 4.69) is 18.8 Å². The lowest BCUT2D eigenvalue weighted by molar-refractivity contribution is 0.0983. The van der Waals surface area contributed by atoms with Crippen molar-refractivity contribution in [1.29, 1.82) is 0 Å². The van der Waals surface area contributed by atoms with Crippen molar-refractivity contribution in [2.24, 2.45) is 5.41 Å². The van der Waals surface area contributed by atoms with Crippen LogP contribution in [0.3, 0.4) is 0 Å². The number of alkyl halides is 1. The van der Waals surface area contributed by atoms with Crippen LogP contribution >= 0.6 is 0 Å². The summed E-state index contributed by atoms with van der Waals surface area (Å²) in [6, 6.07) is 15.6. The molecule has 4 aromatic rings. The van der Waals surface area contributed by atoms with Crippen LogP contribution in [0.5, 0.6) is 0 Å². The largest absolute Gasteiger partial charge is 0.388 e. The maximum atomic E-state index is 17.2. The van der Waals surface area contributed by atoms with Gasteiger partial charge in [0.05, 0.1) is 17.3 Å². The minimum absolute atomic E-state index is 0.122. The number of pyridine rings is 2. The van der Waals surface area contributed by atoms with E-state index in [9.17, 15) is 9.50 Å². The van der Waals surface area contributed by atoms with Gasteiger partial charge in [-0.1, -0.05) is 63.1 Å². The van der Waals surface area contributed by atoms with Gasteiger partial charge in [0.15, 0.2) is 6.17 Å². The summed E-state index contributed by atoms with van der Waals surface area (Å²) >= 11 is 0. The zero-order valence-electron chi connectivity index (χ0n) is 21.3. The van der Waals surface area contributed by atoms with Crippen LogP contribution in [0.25, 0.3) is 22.0 Å². The van der Waals surface area contributed by atoms with E-state index in [1.165, 1.54) is 12.1 Å². The van der Waals surface area contributed by atoms with Gasteiger partial charge in [0.2, 0.25) is 0 Å². The standard InChI is InChI=1S/C32H32F2N2O/c1-32(2)17-24-27(25(37)18-32)26(19-12-14-22(33)15-13-19)28(31(36-24)21-7-3-4-8-21)29(34)23-11-5-9-20-10-6-16-35-30(20)23/h5-6,9-16,21,25,29,37H,3-4,7-8,17-18H2,1-2H3. The first-order valence-electron chi connectivity index (χ1n) is 13.3. The predicted octanol–water partition coefficient (Wildman–Crippen LogP) is 8.16. The third-order valence-electron chi connectivity index (χ3n) is 8.17. The number of nitrogens with zero attached hydrogens (tertiary/aromatic N) is 2. The van der Waals surface area contributed by atoms with Gasteiger partial charge < -0.3 is 5.11 Å². The van der Waals surface area contributed by atoms with E-state index >= 15 is 4.39 Å². The van der Waals surface area contributed by atoms with Crippen LogP contribution in [0, 0.1) is 11.2 Å². The van der Waals surface area contributed by atoms with E-state index in [1.807, 2.05) is 24.3 Å². The maximum absolute atomic E-state index is 17.2. The van der Waals surface area contributed by atoms with E-state index in [4.69, 9.17) is 4.98 Å². The molecule has 2 heterocycles. The van der Waals surface area contributed by atoms with Crippen molar-refractivity contribution in [2.45, 2.75) is 70.6 Å². The maximum Gasteiger partial charge on any atom is 0.155 e. The first kappa shape index (κ1) is 24.2. The summed E-state index contributed by atoms with van der Waals surface area (Å²) < 4.78 is 31.1. The Bertz CT molecular complexity index is 1450. The fraction of sp³-hybridized carbons (Fsp3) is 0.375. The highest BCUT2D eigenvalue weighted by Crippen LogP contribution is 2.51. The molecule has 2 aliphatic carbocycles. The minimum atomic E-state index is -1.49. The number of fused-ring (bicyclic) bond motifs is 2. The summed E-state index contributed by atoms with van der Waals surface area (Å²) in [5.41, 5.74) is 5.22. The number of halogens is 2. The molecule has 2 atom stereocenters. The molecule has 0 aliphatic heterocycles. The fourth-order valence-electron chi connectivity index (χ4n) is 6.51. The van der Waals surface area contributed by atoms with Gasteiger partial charge >= 0.3 is 0 Å². The van der Waals surface area contributed by atoms with E-state index < -0.39 is 12.3 Å². The number of benzene rings is 2. The molecule has 2 aliphatic rings. The van der Waals surface area contributed by atoms with Crippen LogP contribution in [0.4, 0.5) is 8.78 Å². The van der Waals surface area contributed by atoms with Crippen molar-refractivity contribution in [3.63, 3.8) is 0 Å². The van der Waals surface area contributed by atoms with Crippen LogP contribution < -0.4 is 0 Å². The lowest BCUT2D eigenvalue weighted by Gasteiger charge is -2.37. The molecule has 2 aromatic heterocycles. The molecule has 0 saturated heterocycles. The number of aromatic nitrogens is 2. The molecule has 1 fully saturated rings. The van der Waals surface area contributed by atoms with Gasteiger partial charge in [-0.15, -0.1) is 0 Å². The highest BCUT2D eigenvalue weighted by Gasteiger charge is 2.39. The third-order valence-corrected chi connectivity index (χ3v) is 8.17. The molecular formula is C32H32F2N2O. The molecular weight excluding hydrogens is 466 g/mol. The normalized spacial score (nSPS) is 20.2. The second kappa shape index (κ2) is 9.29. The first-order valence-corrected chi connectivity index (χ1v) is 13.3. The Labute approximate surface area is 216 Å². The SMILES string of the molecule is CC1(C)Cc2nc(C3CCCC3)c(C(F)c3cccc4cccnc34)c(-c3ccc(F)cc3)c2C(O)C1. The highest BCUT2D eigenvalue weighted by molar-refractivity contribution is 5.83. The molecule has 0 spiro atoms. The Morgan fingerprint density at radius 2 is 1.73 bits per heavy atom. The van der Waals surface area contributed by atoms with Crippen molar-refractivity contribution in [3.8, 4) is 11.1 Å². The number of hydrogen-bond donors (Lipinski definition) is 1. The fourth-order valence-corrected chi connectivity index (χ4v) is 6.51. The lowest BCUT2D eigenvalue weighted by Crippen LogP contribution is -2.29. The average molecular weight is 499 g/mol. The van der Waals surface area contributed by atoms with Gasteiger partial charge in [-0.25, -0.2) is 8.78 Å². The molecule has 1 N–H and O–H groups in total.